The Kier molecular flexibility index (Phi) is 4.33. The molecule has 5 nitrogen and oxygen atoms in total. The number of carbonyl (C=O) groups excluding carboxylic acids is 1. The van der Waals surface area contributed by atoms with E-state index in [-0.39, 0.29) is 24.0 Å². The van der Waals surface area contributed by atoms with E-state index in [1.807, 2.05) is 0 Å². The molecule has 1 unspecified atom stereocenters. The molecule has 0 radical (unpaired) electrons. The number of nitrogens with one attached hydrogen (secondary N) is 1. The first-order valence-electron chi connectivity index (χ1n) is 5.84. The van der Waals surface area contributed by atoms with E-state index in [4.69, 9.17) is 9.84 Å². The smallest absolute Gasteiger partial charge is 0.336 e. The zero-order valence-electron chi connectivity index (χ0n) is 9.85. The first kappa shape index (κ1) is 13.0. The summed E-state index contributed by atoms with van der Waals surface area (Å²) in [5.41, 5.74) is 0.238. The van der Waals surface area contributed by atoms with Crippen molar-refractivity contribution < 1.29 is 19.4 Å². The zero-order valence-corrected chi connectivity index (χ0v) is 10.7. The lowest BCUT2D eigenvalue weighted by Crippen LogP contribution is -2.32. The van der Waals surface area contributed by atoms with E-state index in [1.54, 1.807) is 11.4 Å². The SMILES string of the molecule is O=C(Cc1cc(C(=O)O)cs1)NCC1CCCO1. The van der Waals surface area contributed by atoms with E-state index in [9.17, 15) is 9.59 Å². The molecular formula is C12H15NO4S. The second-order valence-corrected chi connectivity index (χ2v) is 5.22. The van der Waals surface area contributed by atoms with Crippen LogP contribution in [0.5, 0.6) is 0 Å². The van der Waals surface area contributed by atoms with Crippen LogP contribution in [0.3, 0.4) is 0 Å². The fourth-order valence-electron chi connectivity index (χ4n) is 1.84. The molecule has 0 spiro atoms. The van der Waals surface area contributed by atoms with Gasteiger partial charge in [-0.15, -0.1) is 11.3 Å². The average Bonchev–Trinajstić information content (AvgIpc) is 2.96. The predicted octanol–water partition coefficient (Wildman–Crippen LogP) is 1.28. The molecule has 6 heteroatoms. The molecule has 1 aromatic rings. The Balaban J connectivity index is 1.77. The Bertz CT molecular complexity index is 437. The van der Waals surface area contributed by atoms with Gasteiger partial charge in [0.25, 0.3) is 0 Å². The lowest BCUT2D eigenvalue weighted by molar-refractivity contribution is -0.120. The first-order chi connectivity index (χ1) is 8.65. The number of carboxylic acid groups (broad SMARTS) is 1. The van der Waals surface area contributed by atoms with Gasteiger partial charge in [-0.3, -0.25) is 4.79 Å². The van der Waals surface area contributed by atoms with Gasteiger partial charge in [-0.05, 0) is 18.9 Å². The van der Waals surface area contributed by atoms with Crippen molar-refractivity contribution in [1.29, 1.82) is 0 Å². The monoisotopic (exact) mass is 269 g/mol. The normalized spacial score (nSPS) is 18.8. The Labute approximate surface area is 109 Å². The van der Waals surface area contributed by atoms with Gasteiger partial charge in [0, 0.05) is 23.4 Å². The minimum atomic E-state index is -0.961. The molecule has 0 aliphatic carbocycles. The van der Waals surface area contributed by atoms with Gasteiger partial charge >= 0.3 is 5.97 Å². The summed E-state index contributed by atoms with van der Waals surface area (Å²) in [6.07, 6.45) is 2.40. The number of hydrogen-bond acceptors (Lipinski definition) is 4. The zero-order chi connectivity index (χ0) is 13.0. The van der Waals surface area contributed by atoms with Crippen molar-refractivity contribution >= 4 is 23.2 Å². The van der Waals surface area contributed by atoms with E-state index in [0.29, 0.717) is 6.54 Å². The summed E-state index contributed by atoms with van der Waals surface area (Å²) in [6, 6.07) is 1.54. The maximum absolute atomic E-state index is 11.6. The number of thiophene rings is 1. The fraction of sp³-hybridized carbons (Fsp3) is 0.500. The lowest BCUT2D eigenvalue weighted by Gasteiger charge is -2.10. The number of carboxylic acids is 1. The molecule has 1 aromatic heterocycles. The molecule has 2 N–H and O–H groups in total. The second kappa shape index (κ2) is 5.97. The van der Waals surface area contributed by atoms with Crippen molar-refractivity contribution in [3.05, 3.63) is 21.9 Å². The van der Waals surface area contributed by atoms with Gasteiger partial charge in [0.15, 0.2) is 0 Å². The average molecular weight is 269 g/mol. The third-order valence-electron chi connectivity index (χ3n) is 2.79. The number of rotatable bonds is 5. The van der Waals surface area contributed by atoms with Crippen LogP contribution in [0.15, 0.2) is 11.4 Å². The molecule has 1 atom stereocenters. The van der Waals surface area contributed by atoms with Gasteiger partial charge in [0.05, 0.1) is 18.1 Å². The van der Waals surface area contributed by atoms with Crippen LogP contribution in [0, 0.1) is 0 Å². The van der Waals surface area contributed by atoms with Crippen molar-refractivity contribution in [2.45, 2.75) is 25.4 Å². The maximum Gasteiger partial charge on any atom is 0.336 e. The molecule has 18 heavy (non-hydrogen) atoms. The highest BCUT2D eigenvalue weighted by Crippen LogP contribution is 2.15. The molecule has 1 saturated heterocycles. The Morgan fingerprint density at radius 3 is 3.00 bits per heavy atom. The molecule has 0 aromatic carbocycles. The van der Waals surface area contributed by atoms with Crippen molar-refractivity contribution in [2.24, 2.45) is 0 Å². The van der Waals surface area contributed by atoms with E-state index in [2.05, 4.69) is 5.32 Å². The van der Waals surface area contributed by atoms with Crippen LogP contribution in [-0.2, 0) is 16.0 Å². The quantitative estimate of drug-likeness (QED) is 0.844. The summed E-state index contributed by atoms with van der Waals surface area (Å²) >= 11 is 1.29. The van der Waals surface area contributed by atoms with Gasteiger partial charge in [-0.1, -0.05) is 0 Å². The number of hydrogen-bond donors (Lipinski definition) is 2. The third-order valence-corrected chi connectivity index (χ3v) is 3.72. The summed E-state index contributed by atoms with van der Waals surface area (Å²) in [7, 11) is 0. The molecule has 0 saturated carbocycles. The van der Waals surface area contributed by atoms with E-state index < -0.39 is 5.97 Å². The van der Waals surface area contributed by atoms with Crippen molar-refractivity contribution in [2.75, 3.05) is 13.2 Å². The lowest BCUT2D eigenvalue weighted by atomic mass is 10.2. The van der Waals surface area contributed by atoms with Crippen molar-refractivity contribution in [1.82, 2.24) is 5.32 Å². The molecule has 2 heterocycles. The highest BCUT2D eigenvalue weighted by molar-refractivity contribution is 7.10. The van der Waals surface area contributed by atoms with E-state index in [1.165, 1.54) is 11.3 Å². The summed E-state index contributed by atoms with van der Waals surface area (Å²) in [6.45, 7) is 1.31. The topological polar surface area (TPSA) is 75.6 Å². The van der Waals surface area contributed by atoms with Crippen LogP contribution >= 0.6 is 11.3 Å². The molecule has 98 valence electrons. The Hall–Kier alpha value is -1.40. The molecule has 1 fully saturated rings. The van der Waals surface area contributed by atoms with Crippen LogP contribution in [0.2, 0.25) is 0 Å². The third kappa shape index (κ3) is 3.54. The van der Waals surface area contributed by atoms with Gasteiger partial charge in [0.1, 0.15) is 0 Å². The second-order valence-electron chi connectivity index (χ2n) is 4.22. The van der Waals surface area contributed by atoms with E-state index in [0.717, 1.165) is 24.3 Å². The van der Waals surface area contributed by atoms with Gasteiger partial charge < -0.3 is 15.2 Å². The number of carbonyl (C=O) groups is 2. The fourth-order valence-corrected chi connectivity index (χ4v) is 2.70. The van der Waals surface area contributed by atoms with Crippen molar-refractivity contribution in [3.63, 3.8) is 0 Å². The summed E-state index contributed by atoms with van der Waals surface area (Å²) < 4.78 is 5.40. The van der Waals surface area contributed by atoms with E-state index >= 15 is 0 Å². The van der Waals surface area contributed by atoms with Crippen LogP contribution < -0.4 is 5.32 Å². The summed E-state index contributed by atoms with van der Waals surface area (Å²) in [5, 5.41) is 13.1. The number of ether oxygens (including phenoxy) is 1. The van der Waals surface area contributed by atoms with Gasteiger partial charge in [0.2, 0.25) is 5.91 Å². The summed E-state index contributed by atoms with van der Waals surface area (Å²) in [4.78, 5) is 23.1. The molecule has 1 aliphatic heterocycles. The Morgan fingerprint density at radius 2 is 2.39 bits per heavy atom. The van der Waals surface area contributed by atoms with Crippen LogP contribution in [0.4, 0.5) is 0 Å². The molecular weight excluding hydrogens is 254 g/mol. The maximum atomic E-state index is 11.6. The van der Waals surface area contributed by atoms with Crippen LogP contribution in [0.1, 0.15) is 28.1 Å². The molecule has 2 rings (SSSR count). The minimum Gasteiger partial charge on any atom is -0.478 e. The Morgan fingerprint density at radius 1 is 1.56 bits per heavy atom. The number of amides is 1. The molecule has 1 amide bonds. The standard InChI is InChI=1S/C12H15NO4S/c14-11(13-6-9-2-1-3-17-9)5-10-4-8(7-18-10)12(15)16/h4,7,9H,1-3,5-6H2,(H,13,14)(H,15,16). The van der Waals surface area contributed by atoms with Gasteiger partial charge in [-0.2, -0.15) is 0 Å². The molecule has 0 bridgehead atoms. The first-order valence-corrected chi connectivity index (χ1v) is 6.72. The predicted molar refractivity (Wildman–Crippen MR) is 67.0 cm³/mol. The number of aromatic carboxylic acids is 1. The highest BCUT2D eigenvalue weighted by atomic mass is 32.1. The molecule has 1 aliphatic rings. The van der Waals surface area contributed by atoms with Gasteiger partial charge in [-0.25, -0.2) is 4.79 Å². The largest absolute Gasteiger partial charge is 0.478 e. The van der Waals surface area contributed by atoms with Crippen molar-refractivity contribution in [3.8, 4) is 0 Å². The minimum absolute atomic E-state index is 0.0933. The van der Waals surface area contributed by atoms with Crippen LogP contribution in [0.25, 0.3) is 0 Å². The van der Waals surface area contributed by atoms with Crippen LogP contribution in [-0.4, -0.2) is 36.2 Å². The summed E-state index contributed by atoms with van der Waals surface area (Å²) in [5.74, 6) is -1.05. The highest BCUT2D eigenvalue weighted by Gasteiger charge is 2.16.